The van der Waals surface area contributed by atoms with Crippen molar-refractivity contribution in [2.75, 3.05) is 32.7 Å². The summed E-state index contributed by atoms with van der Waals surface area (Å²) in [5.41, 5.74) is -0.248. The number of likely N-dealkylation sites (tertiary alicyclic amines) is 1. The fourth-order valence-electron chi connectivity index (χ4n) is 3.56. The first-order valence-corrected chi connectivity index (χ1v) is 7.94. The smallest absolute Gasteiger partial charge is 0.138 e. The topological polar surface area (TPSA) is 15.3 Å². The predicted octanol–water partition coefficient (Wildman–Crippen LogP) is 2.95. The van der Waals surface area contributed by atoms with Crippen LogP contribution in [0.15, 0.2) is 30.3 Å². The molecule has 1 aromatic carbocycles. The van der Waals surface area contributed by atoms with Gasteiger partial charge in [-0.15, -0.1) is 0 Å². The molecule has 0 aromatic heterocycles. The van der Waals surface area contributed by atoms with Gasteiger partial charge >= 0.3 is 0 Å². The highest BCUT2D eigenvalue weighted by atomic mass is 19.1. The van der Waals surface area contributed by atoms with Crippen molar-refractivity contribution in [3.8, 4) is 0 Å². The molecule has 3 heteroatoms. The minimum absolute atomic E-state index is 0.636. The van der Waals surface area contributed by atoms with E-state index in [0.29, 0.717) is 12.8 Å². The van der Waals surface area contributed by atoms with Crippen LogP contribution in [-0.2, 0) is 5.67 Å². The number of nitrogens with one attached hydrogen (secondary N) is 1. The fourth-order valence-corrected chi connectivity index (χ4v) is 3.56. The molecule has 3 rings (SSSR count). The summed E-state index contributed by atoms with van der Waals surface area (Å²) in [4.78, 5) is 2.46. The lowest BCUT2D eigenvalue weighted by Crippen LogP contribution is -2.44. The number of nitrogens with zero attached hydrogens (tertiary/aromatic N) is 1. The van der Waals surface area contributed by atoms with Crippen LogP contribution in [-0.4, -0.2) is 37.6 Å². The molecule has 0 saturated carbocycles. The summed E-state index contributed by atoms with van der Waals surface area (Å²) in [5.74, 6) is 0.757. The minimum atomic E-state index is -1.11. The quantitative estimate of drug-likeness (QED) is 0.913. The Kier molecular flexibility index (Phi) is 4.37. The molecule has 1 unspecified atom stereocenters. The zero-order valence-electron chi connectivity index (χ0n) is 12.2. The Labute approximate surface area is 121 Å². The van der Waals surface area contributed by atoms with E-state index in [2.05, 4.69) is 10.2 Å². The third kappa shape index (κ3) is 3.21. The van der Waals surface area contributed by atoms with Crippen LogP contribution in [0.2, 0.25) is 0 Å². The van der Waals surface area contributed by atoms with Gasteiger partial charge in [-0.2, -0.15) is 0 Å². The van der Waals surface area contributed by atoms with E-state index in [1.165, 1.54) is 12.8 Å². The standard InChI is InChI=1S/C17H25FN2/c18-17(16-6-2-1-3-7-16)8-11-20(12-9-17)14-15-5-4-10-19-13-15/h1-3,6-7,15,19H,4-5,8-14H2. The molecular formula is C17H25FN2. The van der Waals surface area contributed by atoms with Crippen LogP contribution < -0.4 is 5.32 Å². The second-order valence-electron chi connectivity index (χ2n) is 6.34. The molecule has 2 fully saturated rings. The lowest BCUT2D eigenvalue weighted by atomic mass is 9.85. The zero-order valence-corrected chi connectivity index (χ0v) is 12.2. The molecule has 1 atom stereocenters. The molecule has 0 spiro atoms. The average molecular weight is 276 g/mol. The third-order valence-corrected chi connectivity index (χ3v) is 4.86. The molecule has 0 amide bonds. The number of piperidine rings is 2. The fraction of sp³-hybridized carbons (Fsp3) is 0.647. The highest BCUT2D eigenvalue weighted by Crippen LogP contribution is 2.37. The number of halogens is 1. The van der Waals surface area contributed by atoms with E-state index in [1.54, 1.807) is 0 Å². The van der Waals surface area contributed by atoms with Crippen molar-refractivity contribution in [1.29, 1.82) is 0 Å². The van der Waals surface area contributed by atoms with Crippen molar-refractivity contribution in [1.82, 2.24) is 10.2 Å². The van der Waals surface area contributed by atoms with Crippen molar-refractivity contribution >= 4 is 0 Å². The molecule has 110 valence electrons. The second-order valence-corrected chi connectivity index (χ2v) is 6.34. The monoisotopic (exact) mass is 276 g/mol. The molecule has 2 aliphatic heterocycles. The number of benzene rings is 1. The minimum Gasteiger partial charge on any atom is -0.316 e. The first-order valence-electron chi connectivity index (χ1n) is 7.94. The number of hydrogen-bond donors (Lipinski definition) is 1. The number of hydrogen-bond acceptors (Lipinski definition) is 2. The summed E-state index contributed by atoms with van der Waals surface area (Å²) < 4.78 is 15.0. The van der Waals surface area contributed by atoms with Gasteiger partial charge in [0.15, 0.2) is 0 Å². The Morgan fingerprint density at radius 1 is 1.20 bits per heavy atom. The van der Waals surface area contributed by atoms with E-state index in [-0.39, 0.29) is 0 Å². The van der Waals surface area contributed by atoms with Crippen molar-refractivity contribution in [3.63, 3.8) is 0 Å². The van der Waals surface area contributed by atoms with Crippen LogP contribution in [0.3, 0.4) is 0 Å². The summed E-state index contributed by atoms with van der Waals surface area (Å²) in [6.45, 7) is 5.22. The van der Waals surface area contributed by atoms with Gasteiger partial charge in [-0.3, -0.25) is 0 Å². The molecule has 2 aliphatic rings. The second kappa shape index (κ2) is 6.23. The van der Waals surface area contributed by atoms with Gasteiger partial charge in [0.25, 0.3) is 0 Å². The molecule has 2 saturated heterocycles. The molecule has 0 aliphatic carbocycles. The van der Waals surface area contributed by atoms with Crippen LogP contribution >= 0.6 is 0 Å². The Hall–Kier alpha value is -0.930. The van der Waals surface area contributed by atoms with Crippen LogP contribution in [0.5, 0.6) is 0 Å². The summed E-state index contributed by atoms with van der Waals surface area (Å²) in [7, 11) is 0. The Morgan fingerprint density at radius 3 is 2.60 bits per heavy atom. The largest absolute Gasteiger partial charge is 0.316 e. The summed E-state index contributed by atoms with van der Waals surface area (Å²) in [5, 5.41) is 3.47. The third-order valence-electron chi connectivity index (χ3n) is 4.86. The van der Waals surface area contributed by atoms with Gasteiger partial charge in [-0.25, -0.2) is 4.39 Å². The van der Waals surface area contributed by atoms with Crippen molar-refractivity contribution in [3.05, 3.63) is 35.9 Å². The molecule has 2 nitrogen and oxygen atoms in total. The maximum Gasteiger partial charge on any atom is 0.138 e. The molecule has 20 heavy (non-hydrogen) atoms. The number of alkyl halides is 1. The lowest BCUT2D eigenvalue weighted by Gasteiger charge is -2.38. The van der Waals surface area contributed by atoms with E-state index >= 15 is 4.39 Å². The van der Waals surface area contributed by atoms with Gasteiger partial charge in [0.1, 0.15) is 5.67 Å². The zero-order chi connectivity index (χ0) is 13.8. The van der Waals surface area contributed by atoms with Crippen LogP contribution in [0, 0.1) is 5.92 Å². The Balaban J connectivity index is 1.53. The van der Waals surface area contributed by atoms with E-state index < -0.39 is 5.67 Å². The molecule has 0 bridgehead atoms. The SMILES string of the molecule is FC1(c2ccccc2)CCN(CC2CCCNC2)CC1. The van der Waals surface area contributed by atoms with Gasteiger partial charge in [0.2, 0.25) is 0 Å². The first-order chi connectivity index (χ1) is 9.76. The highest BCUT2D eigenvalue weighted by molar-refractivity contribution is 5.23. The van der Waals surface area contributed by atoms with Crippen LogP contribution in [0.4, 0.5) is 4.39 Å². The van der Waals surface area contributed by atoms with Gasteiger partial charge in [-0.1, -0.05) is 30.3 Å². The van der Waals surface area contributed by atoms with E-state index in [1.807, 2.05) is 30.3 Å². The van der Waals surface area contributed by atoms with E-state index in [0.717, 1.165) is 44.2 Å². The van der Waals surface area contributed by atoms with E-state index in [9.17, 15) is 0 Å². The maximum atomic E-state index is 15.0. The van der Waals surface area contributed by atoms with Crippen molar-refractivity contribution in [2.45, 2.75) is 31.4 Å². The van der Waals surface area contributed by atoms with Crippen LogP contribution in [0.1, 0.15) is 31.2 Å². The van der Waals surface area contributed by atoms with Crippen molar-refractivity contribution < 1.29 is 4.39 Å². The summed E-state index contributed by atoms with van der Waals surface area (Å²) in [6, 6.07) is 9.70. The molecule has 0 radical (unpaired) electrons. The molecular weight excluding hydrogens is 251 g/mol. The van der Waals surface area contributed by atoms with Crippen molar-refractivity contribution in [2.24, 2.45) is 5.92 Å². The average Bonchev–Trinajstić information content (AvgIpc) is 2.52. The predicted molar refractivity (Wildman–Crippen MR) is 80.5 cm³/mol. The number of rotatable bonds is 3. The van der Waals surface area contributed by atoms with Gasteiger partial charge in [-0.05, 0) is 50.3 Å². The first kappa shape index (κ1) is 14.0. The van der Waals surface area contributed by atoms with Gasteiger partial charge < -0.3 is 10.2 Å². The van der Waals surface area contributed by atoms with Crippen LogP contribution in [0.25, 0.3) is 0 Å². The molecule has 1 aromatic rings. The van der Waals surface area contributed by atoms with Gasteiger partial charge in [0.05, 0.1) is 0 Å². The summed E-state index contributed by atoms with van der Waals surface area (Å²) in [6.07, 6.45) is 3.88. The normalized spacial score (nSPS) is 27.4. The lowest BCUT2D eigenvalue weighted by molar-refractivity contribution is 0.0470. The molecule has 1 N–H and O–H groups in total. The summed E-state index contributed by atoms with van der Waals surface area (Å²) >= 11 is 0. The highest BCUT2D eigenvalue weighted by Gasteiger charge is 2.36. The van der Waals surface area contributed by atoms with Gasteiger partial charge in [0, 0.05) is 19.6 Å². The Bertz CT molecular complexity index is 406. The maximum absolute atomic E-state index is 15.0. The van der Waals surface area contributed by atoms with E-state index in [4.69, 9.17) is 0 Å². The molecule has 2 heterocycles. The Morgan fingerprint density at radius 2 is 1.95 bits per heavy atom.